The molecular formula is C13H17N3O6S. The molecule has 126 valence electrons. The van der Waals surface area contributed by atoms with Gasteiger partial charge in [0.05, 0.1) is 24.3 Å². The Hall–Kier alpha value is -2.17. The highest BCUT2D eigenvalue weighted by Crippen LogP contribution is 2.26. The molecule has 1 aliphatic rings. The maximum atomic E-state index is 12.7. The SMILES string of the molecule is CO/N=C1/C[C@@H](C(=O)NO)N(S(=O)(=O)c2ccc(OC)cc2)C1. The van der Waals surface area contributed by atoms with Crippen LogP contribution >= 0.6 is 0 Å². The molecule has 1 fully saturated rings. The molecule has 1 amide bonds. The summed E-state index contributed by atoms with van der Waals surface area (Å²) in [5.74, 6) is -0.319. The van der Waals surface area contributed by atoms with Gasteiger partial charge in [-0.3, -0.25) is 10.0 Å². The Morgan fingerprint density at radius 2 is 2.00 bits per heavy atom. The van der Waals surface area contributed by atoms with E-state index in [-0.39, 0.29) is 17.9 Å². The average Bonchev–Trinajstić information content (AvgIpc) is 2.99. The van der Waals surface area contributed by atoms with Crippen LogP contribution in [0, 0.1) is 0 Å². The van der Waals surface area contributed by atoms with Crippen LogP contribution in [0.1, 0.15) is 6.42 Å². The number of ether oxygens (including phenoxy) is 1. The van der Waals surface area contributed by atoms with Gasteiger partial charge in [-0.15, -0.1) is 0 Å². The fourth-order valence-electron chi connectivity index (χ4n) is 2.31. The summed E-state index contributed by atoms with van der Waals surface area (Å²) in [6, 6.07) is 4.68. The molecule has 0 bridgehead atoms. The molecule has 0 radical (unpaired) electrons. The zero-order valence-corrected chi connectivity index (χ0v) is 13.4. The van der Waals surface area contributed by atoms with E-state index >= 15 is 0 Å². The number of rotatable bonds is 5. The van der Waals surface area contributed by atoms with Crippen molar-refractivity contribution in [3.63, 3.8) is 0 Å². The summed E-state index contributed by atoms with van der Waals surface area (Å²) in [5.41, 5.74) is 1.87. The van der Waals surface area contributed by atoms with Crippen molar-refractivity contribution in [3.05, 3.63) is 24.3 Å². The van der Waals surface area contributed by atoms with E-state index in [9.17, 15) is 13.2 Å². The quantitative estimate of drug-likeness (QED) is 0.572. The van der Waals surface area contributed by atoms with Gasteiger partial charge >= 0.3 is 0 Å². The maximum absolute atomic E-state index is 12.7. The lowest BCUT2D eigenvalue weighted by Crippen LogP contribution is -2.44. The zero-order chi connectivity index (χ0) is 17.0. The van der Waals surface area contributed by atoms with Crippen LogP contribution in [0.2, 0.25) is 0 Å². The number of oxime groups is 1. The third kappa shape index (κ3) is 3.44. The molecule has 1 aromatic rings. The zero-order valence-electron chi connectivity index (χ0n) is 12.6. The predicted octanol–water partition coefficient (Wildman–Crippen LogP) is -0.0340. The van der Waals surface area contributed by atoms with E-state index in [0.29, 0.717) is 11.5 Å². The Bertz CT molecular complexity index is 701. The molecule has 1 saturated heterocycles. The topological polar surface area (TPSA) is 118 Å². The number of carbonyl (C=O) groups excluding carboxylic acids is 1. The molecule has 2 N–H and O–H groups in total. The Labute approximate surface area is 133 Å². The number of methoxy groups -OCH3 is 1. The summed E-state index contributed by atoms with van der Waals surface area (Å²) in [7, 11) is -1.15. The predicted molar refractivity (Wildman–Crippen MR) is 79.7 cm³/mol. The first-order valence-corrected chi connectivity index (χ1v) is 8.06. The third-order valence-corrected chi connectivity index (χ3v) is 5.28. The molecule has 10 heteroatoms. The minimum absolute atomic E-state index is 0.00714. The maximum Gasteiger partial charge on any atom is 0.262 e. The van der Waals surface area contributed by atoms with Gasteiger partial charge in [0.1, 0.15) is 18.9 Å². The van der Waals surface area contributed by atoms with Crippen LogP contribution < -0.4 is 10.2 Å². The number of carbonyl (C=O) groups is 1. The van der Waals surface area contributed by atoms with E-state index in [1.165, 1.54) is 44.0 Å². The second kappa shape index (κ2) is 6.94. The largest absolute Gasteiger partial charge is 0.497 e. The average molecular weight is 343 g/mol. The highest BCUT2D eigenvalue weighted by molar-refractivity contribution is 7.89. The molecular weight excluding hydrogens is 326 g/mol. The number of hydroxylamine groups is 1. The van der Waals surface area contributed by atoms with Gasteiger partial charge in [0.25, 0.3) is 5.91 Å². The van der Waals surface area contributed by atoms with Crippen molar-refractivity contribution >= 4 is 21.6 Å². The van der Waals surface area contributed by atoms with E-state index in [1.54, 1.807) is 0 Å². The number of nitrogens with zero attached hydrogens (tertiary/aromatic N) is 2. The lowest BCUT2D eigenvalue weighted by Gasteiger charge is -2.21. The highest BCUT2D eigenvalue weighted by atomic mass is 32.2. The minimum Gasteiger partial charge on any atom is -0.497 e. The number of sulfonamides is 1. The first-order valence-electron chi connectivity index (χ1n) is 6.62. The number of benzene rings is 1. The van der Waals surface area contributed by atoms with Gasteiger partial charge in [0.2, 0.25) is 10.0 Å². The standard InChI is InChI=1S/C13H17N3O6S/c1-21-10-3-5-11(6-4-10)23(19,20)16-8-9(15-22-2)7-12(16)13(17)14-18/h3-6,12,18H,7-8H2,1-2H3,(H,14,17)/b15-9-/t12-/m0/s1. The summed E-state index contributed by atoms with van der Waals surface area (Å²) in [5, 5.41) is 12.5. The van der Waals surface area contributed by atoms with Gasteiger partial charge in [-0.1, -0.05) is 5.16 Å². The first-order chi connectivity index (χ1) is 10.9. The summed E-state index contributed by atoms with van der Waals surface area (Å²) in [6.45, 7) is -0.0969. The normalized spacial score (nSPS) is 20.5. The fraction of sp³-hybridized carbons (Fsp3) is 0.385. The molecule has 1 aromatic carbocycles. The van der Waals surface area contributed by atoms with Crippen LogP contribution in [-0.4, -0.2) is 56.4 Å². The Morgan fingerprint density at radius 3 is 2.52 bits per heavy atom. The molecule has 0 saturated carbocycles. The molecule has 2 rings (SSSR count). The Balaban J connectivity index is 2.38. The highest BCUT2D eigenvalue weighted by Gasteiger charge is 2.42. The Morgan fingerprint density at radius 1 is 1.35 bits per heavy atom. The molecule has 0 spiro atoms. The summed E-state index contributed by atoms with van der Waals surface area (Å²) in [4.78, 5) is 16.4. The van der Waals surface area contributed by atoms with Crippen molar-refractivity contribution in [2.45, 2.75) is 17.4 Å². The van der Waals surface area contributed by atoms with Crippen LogP contribution in [0.4, 0.5) is 0 Å². The molecule has 9 nitrogen and oxygen atoms in total. The van der Waals surface area contributed by atoms with Crippen molar-refractivity contribution < 1.29 is 28.0 Å². The van der Waals surface area contributed by atoms with Crippen LogP contribution in [0.5, 0.6) is 5.75 Å². The second-order valence-corrected chi connectivity index (χ2v) is 6.65. The van der Waals surface area contributed by atoms with Gasteiger partial charge in [-0.2, -0.15) is 4.31 Å². The summed E-state index contributed by atoms with van der Waals surface area (Å²) in [6.07, 6.45) is 0.0373. The van der Waals surface area contributed by atoms with Crippen LogP contribution in [0.25, 0.3) is 0 Å². The number of nitrogens with one attached hydrogen (secondary N) is 1. The van der Waals surface area contributed by atoms with Crippen LogP contribution in [0.3, 0.4) is 0 Å². The lowest BCUT2D eigenvalue weighted by molar-refractivity contribution is -0.132. The fourth-order valence-corrected chi connectivity index (χ4v) is 3.88. The first kappa shape index (κ1) is 17.2. The van der Waals surface area contributed by atoms with E-state index in [4.69, 9.17) is 9.94 Å². The van der Waals surface area contributed by atoms with E-state index in [0.717, 1.165) is 4.31 Å². The smallest absolute Gasteiger partial charge is 0.262 e. The van der Waals surface area contributed by atoms with Crippen molar-refractivity contribution in [1.82, 2.24) is 9.79 Å². The van der Waals surface area contributed by atoms with Crippen molar-refractivity contribution in [2.75, 3.05) is 20.8 Å². The summed E-state index contributed by atoms with van der Waals surface area (Å²) >= 11 is 0. The summed E-state index contributed by atoms with van der Waals surface area (Å²) < 4.78 is 31.4. The molecule has 0 unspecified atom stereocenters. The lowest BCUT2D eigenvalue weighted by atomic mass is 10.2. The van der Waals surface area contributed by atoms with Gasteiger partial charge in [0.15, 0.2) is 0 Å². The minimum atomic E-state index is -3.95. The van der Waals surface area contributed by atoms with Gasteiger partial charge in [0, 0.05) is 6.42 Å². The molecule has 1 aliphatic heterocycles. The van der Waals surface area contributed by atoms with Crippen molar-refractivity contribution in [1.29, 1.82) is 0 Å². The van der Waals surface area contributed by atoms with Gasteiger partial charge in [-0.05, 0) is 24.3 Å². The second-order valence-electron chi connectivity index (χ2n) is 4.76. The third-order valence-electron chi connectivity index (χ3n) is 3.41. The van der Waals surface area contributed by atoms with E-state index < -0.39 is 22.0 Å². The number of hydrogen-bond acceptors (Lipinski definition) is 7. The van der Waals surface area contributed by atoms with Crippen LogP contribution in [0.15, 0.2) is 34.3 Å². The molecule has 0 aromatic heterocycles. The van der Waals surface area contributed by atoms with Gasteiger partial charge < -0.3 is 9.57 Å². The van der Waals surface area contributed by atoms with Crippen molar-refractivity contribution in [2.24, 2.45) is 5.16 Å². The molecule has 0 aliphatic carbocycles. The van der Waals surface area contributed by atoms with E-state index in [1.807, 2.05) is 0 Å². The van der Waals surface area contributed by atoms with Crippen LogP contribution in [-0.2, 0) is 19.7 Å². The monoisotopic (exact) mass is 343 g/mol. The molecule has 1 atom stereocenters. The Kier molecular flexibility index (Phi) is 5.19. The van der Waals surface area contributed by atoms with Crippen molar-refractivity contribution in [3.8, 4) is 5.75 Å². The number of amides is 1. The number of hydrogen-bond donors (Lipinski definition) is 2. The molecule has 1 heterocycles. The van der Waals surface area contributed by atoms with Gasteiger partial charge in [-0.25, -0.2) is 13.9 Å². The van der Waals surface area contributed by atoms with E-state index in [2.05, 4.69) is 9.99 Å². The molecule has 23 heavy (non-hydrogen) atoms.